The lowest BCUT2D eigenvalue weighted by Crippen LogP contribution is -2.33. The molecule has 2 aromatic rings. The smallest absolute Gasteiger partial charge is 0.268 e. The first-order chi connectivity index (χ1) is 9.66. The quantitative estimate of drug-likeness (QED) is 0.836. The molecule has 3 rings (SSSR count). The number of nitrogens with zero attached hydrogens (tertiary/aromatic N) is 1. The maximum Gasteiger partial charge on any atom is 0.268 e. The molecule has 0 saturated heterocycles. The lowest BCUT2D eigenvalue weighted by Gasteiger charge is -2.18. The second kappa shape index (κ2) is 5.18. The number of aromatic nitrogens is 1. The lowest BCUT2D eigenvalue weighted by molar-refractivity contribution is -0.110. The van der Waals surface area contributed by atoms with E-state index >= 15 is 0 Å². The second-order valence-corrected chi connectivity index (χ2v) is 6.65. The van der Waals surface area contributed by atoms with Crippen LogP contribution in [0, 0.1) is 0 Å². The fourth-order valence-corrected chi connectivity index (χ4v) is 4.11. The molecule has 0 aromatic carbocycles. The third-order valence-electron chi connectivity index (χ3n) is 2.76. The van der Waals surface area contributed by atoms with Crippen molar-refractivity contribution in [2.75, 3.05) is 16.3 Å². The van der Waals surface area contributed by atoms with Gasteiger partial charge in [-0.2, -0.15) is 0 Å². The Bertz CT molecular complexity index is 722. The molecule has 0 aliphatic carbocycles. The van der Waals surface area contributed by atoms with E-state index in [0.29, 0.717) is 10.7 Å². The molecule has 102 valence electrons. The molecule has 0 radical (unpaired) electrons. The molecule has 2 N–H and O–H groups in total. The normalized spacial score (nSPS) is 17.4. The molecule has 0 saturated carbocycles. The van der Waals surface area contributed by atoms with Gasteiger partial charge in [-0.05, 0) is 29.8 Å². The maximum absolute atomic E-state index is 12.4. The van der Waals surface area contributed by atoms with E-state index in [1.807, 2.05) is 17.7 Å². The summed E-state index contributed by atoms with van der Waals surface area (Å²) in [6.07, 6.45) is 3.41. The molecule has 1 unspecified atom stereocenters. The van der Waals surface area contributed by atoms with Crippen LogP contribution in [0.2, 0.25) is 0 Å². The van der Waals surface area contributed by atoms with Gasteiger partial charge in [0, 0.05) is 6.20 Å². The van der Waals surface area contributed by atoms with E-state index < -0.39 is 16.6 Å². The summed E-state index contributed by atoms with van der Waals surface area (Å²) in [5, 5.41) is 4.50. The van der Waals surface area contributed by atoms with Crippen LogP contribution in [0.5, 0.6) is 0 Å². The van der Waals surface area contributed by atoms with Crippen molar-refractivity contribution in [3.63, 3.8) is 0 Å². The molecule has 1 aliphatic rings. The summed E-state index contributed by atoms with van der Waals surface area (Å²) in [5.41, 5.74) is 0.806. The van der Waals surface area contributed by atoms with Gasteiger partial charge in [-0.15, -0.1) is 11.3 Å². The number of carbonyl (C=O) groups excluding carboxylic acids is 2. The largest absolute Gasteiger partial charge is 0.334 e. The van der Waals surface area contributed by atoms with Crippen LogP contribution in [0.25, 0.3) is 0 Å². The van der Waals surface area contributed by atoms with E-state index in [-0.39, 0.29) is 10.6 Å². The van der Waals surface area contributed by atoms with Gasteiger partial charge in [0.25, 0.3) is 5.91 Å². The van der Waals surface area contributed by atoms with E-state index in [1.54, 1.807) is 24.4 Å². The van der Waals surface area contributed by atoms with Crippen molar-refractivity contribution in [3.8, 4) is 0 Å². The van der Waals surface area contributed by atoms with E-state index in [2.05, 4.69) is 15.0 Å². The van der Waals surface area contributed by atoms with E-state index in [1.165, 1.54) is 11.3 Å². The van der Waals surface area contributed by atoms with Crippen LogP contribution in [0.1, 0.15) is 9.67 Å². The number of hydrogen-bond donors (Lipinski definition) is 2. The second-order valence-electron chi connectivity index (χ2n) is 4.10. The van der Waals surface area contributed by atoms with Crippen molar-refractivity contribution in [2.24, 2.45) is 0 Å². The number of nitrogens with one attached hydrogen (secondary N) is 2. The lowest BCUT2D eigenvalue weighted by atomic mass is 10.2. The standard InChI is InChI=1S/C13H11N3O2S2/c1-20-12(10(17)11-8(16-20)5-7-19-11)13(18)15-9-4-2-3-6-14-9/h2-7,16H,1H3,(H,14,15,18). The van der Waals surface area contributed by atoms with E-state index in [4.69, 9.17) is 0 Å². The number of carbonyl (C=O) groups is 2. The molecular weight excluding hydrogens is 294 g/mol. The highest BCUT2D eigenvalue weighted by molar-refractivity contribution is 8.18. The summed E-state index contributed by atoms with van der Waals surface area (Å²) in [6, 6.07) is 7.08. The van der Waals surface area contributed by atoms with Crippen LogP contribution in [0.15, 0.2) is 35.8 Å². The zero-order chi connectivity index (χ0) is 14.1. The van der Waals surface area contributed by atoms with Crippen molar-refractivity contribution in [1.82, 2.24) is 4.98 Å². The van der Waals surface area contributed by atoms with Gasteiger partial charge in [0.05, 0.1) is 10.6 Å². The van der Waals surface area contributed by atoms with Crippen LogP contribution in [-0.2, 0) is 4.79 Å². The molecule has 0 fully saturated rings. The van der Waals surface area contributed by atoms with Crippen molar-refractivity contribution >= 4 is 50.1 Å². The van der Waals surface area contributed by atoms with Crippen molar-refractivity contribution < 1.29 is 9.59 Å². The third kappa shape index (κ3) is 2.25. The summed E-state index contributed by atoms with van der Waals surface area (Å²) in [7, 11) is -0.618. The fraction of sp³-hybridized carbons (Fsp3) is 0.0769. The van der Waals surface area contributed by atoms with Crippen LogP contribution < -0.4 is 10.0 Å². The number of Topliss-reactive ketones (excluding diaryl/α,β-unsaturated/α-hetero) is 1. The highest BCUT2D eigenvalue weighted by Gasteiger charge is 2.30. The van der Waals surface area contributed by atoms with E-state index in [0.717, 1.165) is 5.69 Å². The van der Waals surface area contributed by atoms with Gasteiger partial charge >= 0.3 is 0 Å². The average Bonchev–Trinajstić information content (AvgIpc) is 2.88. The number of ketones is 1. The third-order valence-corrected chi connectivity index (χ3v) is 5.18. The van der Waals surface area contributed by atoms with Crippen LogP contribution in [0.3, 0.4) is 0 Å². The summed E-state index contributed by atoms with van der Waals surface area (Å²) >= 11 is 1.34. The predicted molar refractivity (Wildman–Crippen MR) is 83.7 cm³/mol. The summed E-state index contributed by atoms with van der Waals surface area (Å²) < 4.78 is 3.19. The highest BCUT2D eigenvalue weighted by atomic mass is 32.2. The Morgan fingerprint density at radius 3 is 3.00 bits per heavy atom. The molecule has 1 amide bonds. The van der Waals surface area contributed by atoms with Gasteiger partial charge in [0.15, 0.2) is 0 Å². The summed E-state index contributed by atoms with van der Waals surface area (Å²) in [5.74, 6) is -0.161. The molecular formula is C13H11N3O2S2. The van der Waals surface area contributed by atoms with Gasteiger partial charge in [0.1, 0.15) is 10.7 Å². The molecule has 20 heavy (non-hydrogen) atoms. The Morgan fingerprint density at radius 2 is 2.25 bits per heavy atom. The summed E-state index contributed by atoms with van der Waals surface area (Å²) in [6.45, 7) is 0. The van der Waals surface area contributed by atoms with Crippen LogP contribution in [0.4, 0.5) is 11.5 Å². The molecule has 0 bridgehead atoms. The zero-order valence-corrected chi connectivity index (χ0v) is 12.2. The monoisotopic (exact) mass is 305 g/mol. The van der Waals surface area contributed by atoms with Gasteiger partial charge in [-0.1, -0.05) is 16.7 Å². The first-order valence-electron chi connectivity index (χ1n) is 5.81. The maximum atomic E-state index is 12.4. The van der Waals surface area contributed by atoms with Crippen LogP contribution >= 0.6 is 22.0 Å². The number of fused-ring (bicyclic) bond motifs is 1. The minimum absolute atomic E-state index is 0.201. The molecule has 0 spiro atoms. The summed E-state index contributed by atoms with van der Waals surface area (Å²) in [4.78, 5) is 29.5. The average molecular weight is 305 g/mol. The Hall–Kier alpha value is -1.99. The number of anilines is 2. The van der Waals surface area contributed by atoms with Gasteiger partial charge in [0.2, 0.25) is 5.78 Å². The Morgan fingerprint density at radius 1 is 1.40 bits per heavy atom. The number of pyridine rings is 1. The van der Waals surface area contributed by atoms with Crippen molar-refractivity contribution in [3.05, 3.63) is 40.7 Å². The molecule has 3 heterocycles. The minimum Gasteiger partial charge on any atom is -0.334 e. The molecule has 7 heteroatoms. The first-order valence-corrected chi connectivity index (χ1v) is 8.32. The van der Waals surface area contributed by atoms with Crippen LogP contribution in [-0.4, -0.2) is 27.8 Å². The predicted octanol–water partition coefficient (Wildman–Crippen LogP) is 2.38. The number of amides is 1. The first kappa shape index (κ1) is 13.0. The Labute approximate surface area is 122 Å². The Kier molecular flexibility index (Phi) is 3.37. The van der Waals surface area contributed by atoms with Gasteiger partial charge < -0.3 is 10.0 Å². The minimum atomic E-state index is -0.618. The highest BCUT2D eigenvalue weighted by Crippen LogP contribution is 2.32. The molecule has 1 atom stereocenters. The molecule has 2 aromatic heterocycles. The SMILES string of the molecule is CS1=C(C(=O)Nc2ccccn2)C(=O)c2sccc2N1. The topological polar surface area (TPSA) is 71.1 Å². The fourth-order valence-electron chi connectivity index (χ4n) is 1.88. The van der Waals surface area contributed by atoms with E-state index in [9.17, 15) is 9.59 Å². The molecule has 5 nitrogen and oxygen atoms in total. The van der Waals surface area contributed by atoms with Crippen molar-refractivity contribution in [2.45, 2.75) is 0 Å². The number of thiophene rings is 1. The van der Waals surface area contributed by atoms with Gasteiger partial charge in [-0.25, -0.2) is 4.98 Å². The Balaban J connectivity index is 1.90. The van der Waals surface area contributed by atoms with Crippen molar-refractivity contribution in [1.29, 1.82) is 0 Å². The van der Waals surface area contributed by atoms with Gasteiger partial charge in [-0.3, -0.25) is 9.59 Å². The molecule has 1 aliphatic heterocycles. The number of rotatable bonds is 2. The number of hydrogen-bond acceptors (Lipinski definition) is 5. The zero-order valence-electron chi connectivity index (χ0n) is 10.5.